The quantitative estimate of drug-likeness (QED) is 0.240. The minimum absolute atomic E-state index is 0.225. The Bertz CT molecular complexity index is 878. The van der Waals surface area contributed by atoms with Gasteiger partial charge < -0.3 is 31.7 Å². The molecule has 0 unspecified atom stereocenters. The van der Waals surface area contributed by atoms with Gasteiger partial charge in [-0.1, -0.05) is 27.2 Å². The molecule has 1 aromatic carbocycles. The van der Waals surface area contributed by atoms with Crippen molar-refractivity contribution >= 4 is 23.5 Å². The van der Waals surface area contributed by atoms with Gasteiger partial charge in [0.25, 0.3) is 5.91 Å². The first-order chi connectivity index (χ1) is 16.7. The number of aliphatic hydroxyl groups is 1. The Morgan fingerprint density at radius 2 is 1.67 bits per heavy atom. The van der Waals surface area contributed by atoms with E-state index in [0.717, 1.165) is 6.07 Å². The van der Waals surface area contributed by atoms with E-state index in [-0.39, 0.29) is 17.3 Å². The summed E-state index contributed by atoms with van der Waals surface area (Å²) in [5.41, 5.74) is -1.73. The van der Waals surface area contributed by atoms with Gasteiger partial charge in [0.1, 0.15) is 0 Å². The van der Waals surface area contributed by atoms with E-state index in [9.17, 15) is 32.7 Å². The van der Waals surface area contributed by atoms with Gasteiger partial charge in [-0.15, -0.1) is 0 Å². The maximum Gasteiger partial charge on any atom is 0.416 e. The molecule has 0 aromatic heterocycles. The summed E-state index contributed by atoms with van der Waals surface area (Å²) in [7, 11) is 0. The molecular weight excluding hydrogens is 479 g/mol. The van der Waals surface area contributed by atoms with E-state index >= 15 is 0 Å². The molecule has 0 fully saturated rings. The van der Waals surface area contributed by atoms with Crippen molar-refractivity contribution in [3.05, 3.63) is 29.3 Å². The number of hydrogen-bond donors (Lipinski definition) is 6. The Morgan fingerprint density at radius 1 is 1.00 bits per heavy atom. The normalized spacial score (nSPS) is 13.3. The summed E-state index contributed by atoms with van der Waals surface area (Å²) in [6.45, 7) is 9.79. The number of benzene rings is 1. The lowest BCUT2D eigenvalue weighted by Crippen LogP contribution is -2.52. The lowest BCUT2D eigenvalue weighted by Gasteiger charge is -2.25. The summed E-state index contributed by atoms with van der Waals surface area (Å²) in [4.78, 5) is 36.9. The molecule has 36 heavy (non-hydrogen) atoms. The molecule has 1 aromatic rings. The zero-order valence-electron chi connectivity index (χ0n) is 21.4. The first kappa shape index (κ1) is 31.2. The number of aliphatic hydroxyl groups excluding tert-OH is 1. The van der Waals surface area contributed by atoms with E-state index in [2.05, 4.69) is 26.6 Å². The first-order valence-corrected chi connectivity index (χ1v) is 12.0. The third-order valence-electron chi connectivity index (χ3n) is 4.92. The van der Waals surface area contributed by atoms with Crippen LogP contribution in [-0.2, 0) is 11.0 Å². The summed E-state index contributed by atoms with van der Waals surface area (Å²) < 4.78 is 40.1. The van der Waals surface area contributed by atoms with Gasteiger partial charge >= 0.3 is 12.2 Å². The lowest BCUT2D eigenvalue weighted by atomic mass is 10.1. The molecule has 0 heterocycles. The second kappa shape index (κ2) is 14.6. The van der Waals surface area contributed by atoms with Crippen LogP contribution >= 0.6 is 0 Å². The zero-order chi connectivity index (χ0) is 27.5. The molecule has 6 N–H and O–H groups in total. The Hall–Kier alpha value is -2.86. The van der Waals surface area contributed by atoms with Crippen LogP contribution in [-0.4, -0.2) is 60.8 Å². The third kappa shape index (κ3) is 11.7. The number of hydrogen-bond acceptors (Lipinski definition) is 5. The molecular formula is C24H38F3N5O4. The summed E-state index contributed by atoms with van der Waals surface area (Å²) in [5, 5.41) is 23.2. The molecule has 0 saturated carbocycles. The summed E-state index contributed by atoms with van der Waals surface area (Å²) >= 11 is 0. The van der Waals surface area contributed by atoms with Crippen molar-refractivity contribution in [2.45, 2.75) is 71.8 Å². The van der Waals surface area contributed by atoms with Crippen LogP contribution in [0.15, 0.2) is 18.2 Å². The Labute approximate surface area is 210 Å². The van der Waals surface area contributed by atoms with Gasteiger partial charge in [-0.3, -0.25) is 9.59 Å². The maximum atomic E-state index is 13.4. The highest BCUT2D eigenvalue weighted by molar-refractivity contribution is 5.98. The average molecular weight is 518 g/mol. The van der Waals surface area contributed by atoms with Gasteiger partial charge in [-0.05, 0) is 50.9 Å². The van der Waals surface area contributed by atoms with E-state index in [1.165, 1.54) is 0 Å². The van der Waals surface area contributed by atoms with Crippen LogP contribution in [0, 0.1) is 5.92 Å². The van der Waals surface area contributed by atoms with Gasteiger partial charge in [-0.2, -0.15) is 13.2 Å². The van der Waals surface area contributed by atoms with Crippen LogP contribution in [0.2, 0.25) is 0 Å². The van der Waals surface area contributed by atoms with E-state index in [0.29, 0.717) is 44.0 Å². The van der Waals surface area contributed by atoms with Crippen LogP contribution in [0.4, 0.5) is 23.7 Å². The fourth-order valence-corrected chi connectivity index (χ4v) is 3.25. The summed E-state index contributed by atoms with van der Waals surface area (Å²) in [5.74, 6) is -1.16. The predicted octanol–water partition coefficient (Wildman–Crippen LogP) is 2.86. The predicted molar refractivity (Wildman–Crippen MR) is 132 cm³/mol. The first-order valence-electron chi connectivity index (χ1n) is 12.0. The molecule has 9 nitrogen and oxygen atoms in total. The maximum absolute atomic E-state index is 13.4. The van der Waals surface area contributed by atoms with Gasteiger partial charge in [0.15, 0.2) is 0 Å². The Kier molecular flexibility index (Phi) is 12.7. The smallest absolute Gasteiger partial charge is 0.391 e. The van der Waals surface area contributed by atoms with Crippen molar-refractivity contribution in [2.24, 2.45) is 5.92 Å². The van der Waals surface area contributed by atoms with Crippen molar-refractivity contribution in [3.8, 4) is 0 Å². The number of alkyl halides is 3. The monoisotopic (exact) mass is 517 g/mol. The van der Waals surface area contributed by atoms with E-state index < -0.39 is 48.3 Å². The highest BCUT2D eigenvalue weighted by atomic mass is 19.4. The van der Waals surface area contributed by atoms with E-state index in [1.54, 1.807) is 13.8 Å². The highest BCUT2D eigenvalue weighted by Crippen LogP contribution is 2.32. The fraction of sp³-hybridized carbons (Fsp3) is 0.625. The number of carbonyl (C=O) groups is 3. The number of urea groups is 1. The van der Waals surface area contributed by atoms with Crippen LogP contribution in [0.25, 0.3) is 0 Å². The van der Waals surface area contributed by atoms with Crippen molar-refractivity contribution in [2.75, 3.05) is 25.0 Å². The minimum atomic E-state index is -4.76. The van der Waals surface area contributed by atoms with Crippen LogP contribution in [0.1, 0.15) is 63.4 Å². The van der Waals surface area contributed by atoms with Crippen LogP contribution < -0.4 is 26.6 Å². The summed E-state index contributed by atoms with van der Waals surface area (Å²) in [6.07, 6.45) is -4.39. The van der Waals surface area contributed by atoms with Crippen molar-refractivity contribution < 1.29 is 32.7 Å². The molecule has 0 aliphatic carbocycles. The minimum Gasteiger partial charge on any atom is -0.391 e. The molecule has 12 heteroatoms. The molecule has 204 valence electrons. The van der Waals surface area contributed by atoms with Crippen molar-refractivity contribution in [1.82, 2.24) is 21.3 Å². The second-order valence-electron chi connectivity index (χ2n) is 9.31. The van der Waals surface area contributed by atoms with E-state index in [4.69, 9.17) is 0 Å². The molecule has 0 aliphatic rings. The standard InChI is InChI=1S/C24H38F3N5O4/c1-6-7-20(33)19(12-28-11-14(2)3)32-21(34)13-29-22(35)16-8-17(24(25,26)27)10-18(9-16)31-23(36)30-15(4)5/h8-10,14-15,19-20,28,33H,6-7,11-13H2,1-5H3,(H,29,35)(H,32,34)(H2,30,31,36)/t19-,20-/m0/s1. The zero-order valence-corrected chi connectivity index (χ0v) is 21.4. The number of halogens is 3. The van der Waals surface area contributed by atoms with E-state index in [1.807, 2.05) is 20.8 Å². The van der Waals surface area contributed by atoms with Gasteiger partial charge in [-0.25, -0.2) is 4.79 Å². The largest absolute Gasteiger partial charge is 0.416 e. The van der Waals surface area contributed by atoms with Crippen molar-refractivity contribution in [3.63, 3.8) is 0 Å². The fourth-order valence-electron chi connectivity index (χ4n) is 3.25. The van der Waals surface area contributed by atoms with Gasteiger partial charge in [0, 0.05) is 23.8 Å². The molecule has 2 atom stereocenters. The molecule has 0 spiro atoms. The number of amides is 4. The molecule has 1 rings (SSSR count). The number of anilines is 1. The topological polar surface area (TPSA) is 132 Å². The molecule has 0 radical (unpaired) electrons. The molecule has 0 saturated heterocycles. The Balaban J connectivity index is 2.90. The number of carbonyl (C=O) groups excluding carboxylic acids is 3. The second-order valence-corrected chi connectivity index (χ2v) is 9.31. The average Bonchev–Trinajstić information content (AvgIpc) is 2.75. The Morgan fingerprint density at radius 3 is 2.22 bits per heavy atom. The number of rotatable bonds is 13. The third-order valence-corrected chi connectivity index (χ3v) is 4.92. The SMILES string of the molecule is CCC[C@H](O)[C@H](CNCC(C)C)NC(=O)CNC(=O)c1cc(NC(=O)NC(C)C)cc(C(F)(F)F)c1. The lowest BCUT2D eigenvalue weighted by molar-refractivity contribution is -0.137. The van der Waals surface area contributed by atoms with Gasteiger partial charge in [0.05, 0.1) is 24.3 Å². The highest BCUT2D eigenvalue weighted by Gasteiger charge is 2.32. The molecule has 0 bridgehead atoms. The van der Waals surface area contributed by atoms with Crippen LogP contribution in [0.5, 0.6) is 0 Å². The molecule has 4 amide bonds. The molecule has 0 aliphatic heterocycles. The summed E-state index contributed by atoms with van der Waals surface area (Å²) in [6, 6.07) is 0.869. The van der Waals surface area contributed by atoms with Crippen LogP contribution in [0.3, 0.4) is 0 Å². The van der Waals surface area contributed by atoms with Gasteiger partial charge in [0.2, 0.25) is 5.91 Å². The van der Waals surface area contributed by atoms with Crippen molar-refractivity contribution in [1.29, 1.82) is 0 Å². The number of nitrogens with one attached hydrogen (secondary N) is 5.